The largest absolute Gasteiger partial charge is 0.489 e. The van der Waals surface area contributed by atoms with Gasteiger partial charge in [-0.05, 0) is 48.0 Å². The number of nitrogens with zero attached hydrogens (tertiary/aromatic N) is 2. The molecule has 4 rings (SSSR count). The molecule has 1 aliphatic heterocycles. The molecule has 1 fully saturated rings. The van der Waals surface area contributed by atoms with Crippen molar-refractivity contribution in [2.75, 3.05) is 26.2 Å². The van der Waals surface area contributed by atoms with Crippen LogP contribution in [0.1, 0.15) is 21.5 Å². The zero-order valence-electron chi connectivity index (χ0n) is 17.4. The monoisotopic (exact) mass is 472 g/mol. The Morgan fingerprint density at radius 1 is 0.938 bits per heavy atom. The Morgan fingerprint density at radius 3 is 2.44 bits per heavy atom. The quantitative estimate of drug-likeness (QED) is 0.463. The van der Waals surface area contributed by atoms with Crippen LogP contribution in [0.4, 0.5) is 4.39 Å². The minimum atomic E-state index is -0.298. The van der Waals surface area contributed by atoms with E-state index in [0.717, 1.165) is 5.56 Å². The molecule has 1 saturated heterocycles. The van der Waals surface area contributed by atoms with Gasteiger partial charge in [-0.1, -0.05) is 47.5 Å². The molecule has 0 aliphatic carbocycles. The minimum Gasteiger partial charge on any atom is -0.489 e. The molecule has 1 heterocycles. The van der Waals surface area contributed by atoms with Crippen molar-refractivity contribution in [3.8, 4) is 5.75 Å². The van der Waals surface area contributed by atoms with Gasteiger partial charge in [-0.2, -0.15) is 0 Å². The van der Waals surface area contributed by atoms with Crippen LogP contribution in [0.15, 0.2) is 66.7 Å². The maximum absolute atomic E-state index is 14.1. The van der Waals surface area contributed by atoms with Gasteiger partial charge < -0.3 is 9.64 Å². The number of rotatable bonds is 6. The number of carbonyl (C=O) groups is 1. The zero-order valence-corrected chi connectivity index (χ0v) is 19.0. The number of ether oxygens (including phenoxy) is 1. The summed E-state index contributed by atoms with van der Waals surface area (Å²) in [6.45, 7) is 3.26. The predicted molar refractivity (Wildman–Crippen MR) is 125 cm³/mol. The lowest BCUT2D eigenvalue weighted by Crippen LogP contribution is -2.48. The van der Waals surface area contributed by atoms with Crippen LogP contribution < -0.4 is 4.74 Å². The van der Waals surface area contributed by atoms with Gasteiger partial charge in [0.15, 0.2) is 0 Å². The zero-order chi connectivity index (χ0) is 22.5. The molecule has 3 aromatic carbocycles. The molecule has 0 bridgehead atoms. The summed E-state index contributed by atoms with van der Waals surface area (Å²) in [7, 11) is 0. The second-order valence-electron chi connectivity index (χ2n) is 7.71. The van der Waals surface area contributed by atoms with Crippen LogP contribution in [0.25, 0.3) is 0 Å². The van der Waals surface area contributed by atoms with Crippen LogP contribution in [0.5, 0.6) is 5.75 Å². The van der Waals surface area contributed by atoms with Gasteiger partial charge in [-0.25, -0.2) is 4.39 Å². The Kier molecular flexibility index (Phi) is 7.30. The van der Waals surface area contributed by atoms with Crippen LogP contribution in [0, 0.1) is 5.82 Å². The van der Waals surface area contributed by atoms with Crippen LogP contribution in [-0.2, 0) is 13.2 Å². The van der Waals surface area contributed by atoms with Gasteiger partial charge in [0.25, 0.3) is 5.91 Å². The highest BCUT2D eigenvalue weighted by Gasteiger charge is 2.23. The molecule has 3 aromatic rings. The molecular weight excluding hydrogens is 450 g/mol. The molecule has 32 heavy (non-hydrogen) atoms. The van der Waals surface area contributed by atoms with E-state index in [0.29, 0.717) is 66.3 Å². The summed E-state index contributed by atoms with van der Waals surface area (Å²) in [6, 6.07) is 19.4. The topological polar surface area (TPSA) is 32.8 Å². The number of piperazine rings is 1. The lowest BCUT2D eigenvalue weighted by atomic mass is 10.1. The summed E-state index contributed by atoms with van der Waals surface area (Å²) in [5.41, 5.74) is 2.03. The first-order valence-corrected chi connectivity index (χ1v) is 11.2. The van der Waals surface area contributed by atoms with E-state index in [1.165, 1.54) is 6.07 Å². The summed E-state index contributed by atoms with van der Waals surface area (Å²) in [6.07, 6.45) is 0. The average Bonchev–Trinajstić information content (AvgIpc) is 2.80. The molecule has 0 atom stereocenters. The average molecular weight is 473 g/mol. The first kappa shape index (κ1) is 22.6. The molecule has 1 aliphatic rings. The molecule has 1 amide bonds. The van der Waals surface area contributed by atoms with Gasteiger partial charge in [0.2, 0.25) is 0 Å². The Bertz CT molecular complexity index is 1080. The van der Waals surface area contributed by atoms with Crippen molar-refractivity contribution < 1.29 is 13.9 Å². The van der Waals surface area contributed by atoms with Gasteiger partial charge in [0.1, 0.15) is 18.2 Å². The highest BCUT2D eigenvalue weighted by Crippen LogP contribution is 2.22. The molecule has 0 unspecified atom stereocenters. The number of carbonyl (C=O) groups excluding carboxylic acids is 1. The SMILES string of the molecule is O=C(c1cccc(COc2cccc(Cl)c2)c1)N1CCN(Cc2c(F)cccc2Cl)CC1. The Hall–Kier alpha value is -2.60. The molecule has 166 valence electrons. The number of benzene rings is 3. The van der Waals surface area contributed by atoms with Crippen molar-refractivity contribution in [2.45, 2.75) is 13.2 Å². The Morgan fingerprint density at radius 2 is 1.69 bits per heavy atom. The number of amides is 1. The molecular formula is C25H23Cl2FN2O2. The van der Waals surface area contributed by atoms with Crippen LogP contribution in [0.2, 0.25) is 10.0 Å². The van der Waals surface area contributed by atoms with Crippen molar-refractivity contribution in [2.24, 2.45) is 0 Å². The van der Waals surface area contributed by atoms with Crippen molar-refractivity contribution >= 4 is 29.1 Å². The number of hydrogen-bond acceptors (Lipinski definition) is 3. The molecule has 0 spiro atoms. The molecule has 0 saturated carbocycles. The standard InChI is InChI=1S/C25H23Cl2FN2O2/c26-20-6-2-7-21(15-20)32-17-18-4-1-5-19(14-18)25(31)30-12-10-29(11-13-30)16-22-23(27)8-3-9-24(22)28/h1-9,14-15H,10-13,16-17H2. The van der Waals surface area contributed by atoms with Crippen molar-refractivity contribution in [3.05, 3.63) is 99.3 Å². The first-order valence-electron chi connectivity index (χ1n) is 10.4. The molecule has 0 aromatic heterocycles. The number of halogens is 3. The van der Waals surface area contributed by atoms with E-state index < -0.39 is 0 Å². The Balaban J connectivity index is 1.33. The molecule has 4 nitrogen and oxygen atoms in total. The third-order valence-electron chi connectivity index (χ3n) is 5.48. The van der Waals surface area contributed by atoms with E-state index in [-0.39, 0.29) is 11.7 Å². The van der Waals surface area contributed by atoms with Gasteiger partial charge >= 0.3 is 0 Å². The van der Waals surface area contributed by atoms with Gasteiger partial charge in [0.05, 0.1) is 0 Å². The second kappa shape index (κ2) is 10.3. The normalized spacial score (nSPS) is 14.4. The van der Waals surface area contributed by atoms with E-state index >= 15 is 0 Å². The third-order valence-corrected chi connectivity index (χ3v) is 6.07. The summed E-state index contributed by atoms with van der Waals surface area (Å²) < 4.78 is 19.9. The lowest BCUT2D eigenvalue weighted by molar-refractivity contribution is 0.0627. The molecule has 0 radical (unpaired) electrons. The summed E-state index contributed by atoms with van der Waals surface area (Å²) in [4.78, 5) is 17.0. The maximum atomic E-state index is 14.1. The summed E-state index contributed by atoms with van der Waals surface area (Å²) >= 11 is 12.1. The van der Waals surface area contributed by atoms with E-state index in [2.05, 4.69) is 4.90 Å². The summed E-state index contributed by atoms with van der Waals surface area (Å²) in [5.74, 6) is 0.367. The van der Waals surface area contributed by atoms with E-state index in [4.69, 9.17) is 27.9 Å². The van der Waals surface area contributed by atoms with Gasteiger partial charge in [0, 0.05) is 53.9 Å². The van der Waals surface area contributed by atoms with Crippen LogP contribution >= 0.6 is 23.2 Å². The van der Waals surface area contributed by atoms with E-state index in [1.807, 2.05) is 41.3 Å². The molecule has 7 heteroatoms. The fraction of sp³-hybridized carbons (Fsp3) is 0.240. The summed E-state index contributed by atoms with van der Waals surface area (Å²) in [5, 5.41) is 1.04. The predicted octanol–water partition coefficient (Wildman–Crippen LogP) is 5.67. The highest BCUT2D eigenvalue weighted by molar-refractivity contribution is 6.31. The Labute approximate surface area is 197 Å². The lowest BCUT2D eigenvalue weighted by Gasteiger charge is -2.35. The van der Waals surface area contributed by atoms with Crippen molar-refractivity contribution in [1.29, 1.82) is 0 Å². The maximum Gasteiger partial charge on any atom is 0.253 e. The first-order chi connectivity index (χ1) is 15.5. The van der Waals surface area contributed by atoms with Crippen molar-refractivity contribution in [3.63, 3.8) is 0 Å². The van der Waals surface area contributed by atoms with Gasteiger partial charge in [-0.3, -0.25) is 9.69 Å². The van der Waals surface area contributed by atoms with Crippen molar-refractivity contribution in [1.82, 2.24) is 9.80 Å². The van der Waals surface area contributed by atoms with Gasteiger partial charge in [-0.15, -0.1) is 0 Å². The molecule has 0 N–H and O–H groups in total. The highest BCUT2D eigenvalue weighted by atomic mass is 35.5. The van der Waals surface area contributed by atoms with Crippen LogP contribution in [0.3, 0.4) is 0 Å². The van der Waals surface area contributed by atoms with E-state index in [9.17, 15) is 9.18 Å². The smallest absolute Gasteiger partial charge is 0.253 e. The fourth-order valence-corrected chi connectivity index (χ4v) is 4.12. The van der Waals surface area contributed by atoms with Crippen LogP contribution in [-0.4, -0.2) is 41.9 Å². The second-order valence-corrected chi connectivity index (χ2v) is 8.56. The fourth-order valence-electron chi connectivity index (χ4n) is 3.72. The van der Waals surface area contributed by atoms with E-state index in [1.54, 1.807) is 24.3 Å². The third kappa shape index (κ3) is 5.60. The number of hydrogen-bond donors (Lipinski definition) is 0. The minimum absolute atomic E-state index is 0.0156.